The third kappa shape index (κ3) is 6.50. The van der Waals surface area contributed by atoms with Crippen molar-refractivity contribution in [3.63, 3.8) is 0 Å². The summed E-state index contributed by atoms with van der Waals surface area (Å²) in [4.78, 5) is 24.3. The van der Waals surface area contributed by atoms with Crippen molar-refractivity contribution in [2.45, 2.75) is 78.9 Å². The Bertz CT molecular complexity index is 462. The lowest BCUT2D eigenvalue weighted by atomic mass is 9.70. The van der Waals surface area contributed by atoms with E-state index in [0.29, 0.717) is 0 Å². The second kappa shape index (κ2) is 6.31. The van der Waals surface area contributed by atoms with E-state index < -0.39 is 23.3 Å². The van der Waals surface area contributed by atoms with Gasteiger partial charge in [-0.15, -0.1) is 0 Å². The Morgan fingerprint density at radius 3 is 1.86 bits per heavy atom. The van der Waals surface area contributed by atoms with Gasteiger partial charge in [0, 0.05) is 0 Å². The molecule has 1 amide bonds. The van der Waals surface area contributed by atoms with E-state index in [0.717, 1.165) is 19.3 Å². The van der Waals surface area contributed by atoms with E-state index in [9.17, 15) is 9.59 Å². The maximum atomic E-state index is 12.3. The SMILES string of the molecule is CC1(/C=C(\NC(=O)OC(C)(C)C)C(=O)OC(C)(C)C)CCC1. The van der Waals surface area contributed by atoms with Crippen molar-refractivity contribution < 1.29 is 19.1 Å². The van der Waals surface area contributed by atoms with Crippen molar-refractivity contribution in [2.24, 2.45) is 5.41 Å². The number of nitrogens with one attached hydrogen (secondary N) is 1. The highest BCUT2D eigenvalue weighted by Gasteiger charge is 2.33. The number of hydrogen-bond donors (Lipinski definition) is 1. The van der Waals surface area contributed by atoms with Crippen LogP contribution in [-0.2, 0) is 14.3 Å². The van der Waals surface area contributed by atoms with Crippen LogP contribution in [0.3, 0.4) is 0 Å². The molecule has 22 heavy (non-hydrogen) atoms. The second-order valence-corrected chi connectivity index (χ2v) is 8.19. The number of esters is 1. The molecule has 1 aliphatic rings. The molecule has 0 aromatic rings. The van der Waals surface area contributed by atoms with Gasteiger partial charge in [0.2, 0.25) is 0 Å². The van der Waals surface area contributed by atoms with Crippen molar-refractivity contribution in [1.29, 1.82) is 0 Å². The maximum Gasteiger partial charge on any atom is 0.412 e. The third-order valence-electron chi connectivity index (χ3n) is 3.24. The molecule has 0 spiro atoms. The lowest BCUT2D eigenvalue weighted by Gasteiger charge is -2.36. The zero-order chi connectivity index (χ0) is 17.2. The van der Waals surface area contributed by atoms with Gasteiger partial charge in [0.15, 0.2) is 0 Å². The average molecular weight is 311 g/mol. The number of ether oxygens (including phenoxy) is 2. The Hall–Kier alpha value is -1.52. The molecule has 1 rings (SSSR count). The predicted molar refractivity (Wildman–Crippen MR) is 85.3 cm³/mol. The molecule has 0 unspecified atom stereocenters. The molecular weight excluding hydrogens is 282 g/mol. The van der Waals surface area contributed by atoms with Crippen molar-refractivity contribution >= 4 is 12.1 Å². The molecule has 5 heteroatoms. The van der Waals surface area contributed by atoms with Crippen LogP contribution in [0.1, 0.15) is 67.7 Å². The van der Waals surface area contributed by atoms with E-state index in [1.54, 1.807) is 47.6 Å². The fourth-order valence-electron chi connectivity index (χ4n) is 2.12. The van der Waals surface area contributed by atoms with Crippen molar-refractivity contribution in [3.8, 4) is 0 Å². The van der Waals surface area contributed by atoms with Gasteiger partial charge in [-0.2, -0.15) is 0 Å². The number of carbonyl (C=O) groups excluding carboxylic acids is 2. The van der Waals surface area contributed by atoms with Gasteiger partial charge in [0.25, 0.3) is 0 Å². The van der Waals surface area contributed by atoms with Crippen LogP contribution in [0.15, 0.2) is 11.8 Å². The molecule has 0 radical (unpaired) electrons. The summed E-state index contributed by atoms with van der Waals surface area (Å²) >= 11 is 0. The van der Waals surface area contributed by atoms with Crippen LogP contribution in [-0.4, -0.2) is 23.3 Å². The normalized spacial score (nSPS) is 18.2. The molecular formula is C17H29NO4. The lowest BCUT2D eigenvalue weighted by Crippen LogP contribution is -2.38. The van der Waals surface area contributed by atoms with Gasteiger partial charge < -0.3 is 9.47 Å². The molecule has 126 valence electrons. The summed E-state index contributed by atoms with van der Waals surface area (Å²) in [5.41, 5.74) is -1.15. The summed E-state index contributed by atoms with van der Waals surface area (Å²) in [5.74, 6) is -0.536. The first-order valence-corrected chi connectivity index (χ1v) is 7.76. The van der Waals surface area contributed by atoms with Crippen LogP contribution in [0.5, 0.6) is 0 Å². The molecule has 0 saturated heterocycles. The standard InChI is InChI=1S/C17H29NO4/c1-15(2,3)21-13(19)12(11-17(7)9-8-10-17)18-14(20)22-16(4,5)6/h11H,8-10H2,1-7H3,(H,18,20)/b12-11-. The molecule has 0 heterocycles. The highest BCUT2D eigenvalue weighted by molar-refractivity contribution is 5.92. The number of allylic oxidation sites excluding steroid dienone is 1. The van der Waals surface area contributed by atoms with Crippen LogP contribution in [0.4, 0.5) is 4.79 Å². The minimum Gasteiger partial charge on any atom is -0.455 e. The van der Waals surface area contributed by atoms with Gasteiger partial charge >= 0.3 is 12.1 Å². The quantitative estimate of drug-likeness (QED) is 0.633. The monoisotopic (exact) mass is 311 g/mol. The van der Waals surface area contributed by atoms with Gasteiger partial charge in [-0.3, -0.25) is 5.32 Å². The Morgan fingerprint density at radius 2 is 1.50 bits per heavy atom. The van der Waals surface area contributed by atoms with E-state index in [1.807, 2.05) is 0 Å². The number of rotatable bonds is 3. The smallest absolute Gasteiger partial charge is 0.412 e. The van der Waals surface area contributed by atoms with Crippen molar-refractivity contribution in [2.75, 3.05) is 0 Å². The van der Waals surface area contributed by atoms with Crippen LogP contribution < -0.4 is 5.32 Å². The molecule has 1 saturated carbocycles. The summed E-state index contributed by atoms with van der Waals surface area (Å²) in [6.07, 6.45) is 4.27. The first-order valence-electron chi connectivity index (χ1n) is 7.76. The molecule has 0 aliphatic heterocycles. The summed E-state index contributed by atoms with van der Waals surface area (Å²) in [6, 6.07) is 0. The summed E-state index contributed by atoms with van der Waals surface area (Å²) < 4.78 is 10.6. The van der Waals surface area contributed by atoms with E-state index >= 15 is 0 Å². The predicted octanol–water partition coefficient (Wildman–Crippen LogP) is 3.93. The lowest BCUT2D eigenvalue weighted by molar-refractivity contribution is -0.150. The fourth-order valence-corrected chi connectivity index (χ4v) is 2.12. The van der Waals surface area contributed by atoms with E-state index in [-0.39, 0.29) is 11.1 Å². The maximum absolute atomic E-state index is 12.3. The second-order valence-electron chi connectivity index (χ2n) is 8.19. The third-order valence-corrected chi connectivity index (χ3v) is 3.24. The first-order chi connectivity index (χ1) is 9.80. The molecule has 5 nitrogen and oxygen atoms in total. The zero-order valence-electron chi connectivity index (χ0n) is 14.8. The fraction of sp³-hybridized carbons (Fsp3) is 0.765. The minimum atomic E-state index is -0.646. The summed E-state index contributed by atoms with van der Waals surface area (Å²) in [6.45, 7) is 12.8. The minimum absolute atomic E-state index is 0.0682. The largest absolute Gasteiger partial charge is 0.455 e. The van der Waals surface area contributed by atoms with Crippen LogP contribution in [0.2, 0.25) is 0 Å². The number of amides is 1. The Balaban J connectivity index is 2.88. The van der Waals surface area contributed by atoms with Crippen molar-refractivity contribution in [1.82, 2.24) is 5.32 Å². The molecule has 1 N–H and O–H groups in total. The molecule has 0 bridgehead atoms. The highest BCUT2D eigenvalue weighted by Crippen LogP contribution is 2.42. The number of hydrogen-bond acceptors (Lipinski definition) is 4. The van der Waals surface area contributed by atoms with Gasteiger partial charge in [-0.1, -0.05) is 13.3 Å². The molecule has 1 aliphatic carbocycles. The zero-order valence-corrected chi connectivity index (χ0v) is 14.8. The average Bonchev–Trinajstić information content (AvgIpc) is 2.20. The topological polar surface area (TPSA) is 64.6 Å². The van der Waals surface area contributed by atoms with Crippen LogP contribution >= 0.6 is 0 Å². The van der Waals surface area contributed by atoms with Gasteiger partial charge in [-0.25, -0.2) is 9.59 Å². The highest BCUT2D eigenvalue weighted by atomic mass is 16.6. The first kappa shape index (κ1) is 18.5. The van der Waals surface area contributed by atoms with E-state index in [1.165, 1.54) is 0 Å². The van der Waals surface area contributed by atoms with Gasteiger partial charge in [0.1, 0.15) is 16.9 Å². The molecule has 1 fully saturated rings. The van der Waals surface area contributed by atoms with E-state index in [2.05, 4.69) is 12.2 Å². The van der Waals surface area contributed by atoms with Crippen molar-refractivity contribution in [3.05, 3.63) is 11.8 Å². The Morgan fingerprint density at radius 1 is 1.00 bits per heavy atom. The van der Waals surface area contributed by atoms with Crippen LogP contribution in [0, 0.1) is 5.41 Å². The van der Waals surface area contributed by atoms with Gasteiger partial charge in [0.05, 0.1) is 0 Å². The summed E-state index contributed by atoms with van der Waals surface area (Å²) in [5, 5.41) is 2.55. The summed E-state index contributed by atoms with van der Waals surface area (Å²) in [7, 11) is 0. The van der Waals surface area contributed by atoms with Crippen LogP contribution in [0.25, 0.3) is 0 Å². The molecule has 0 aromatic carbocycles. The Kier molecular flexibility index (Phi) is 5.31. The number of alkyl carbamates (subject to hydrolysis) is 1. The van der Waals surface area contributed by atoms with Gasteiger partial charge in [-0.05, 0) is 65.9 Å². The van der Waals surface area contributed by atoms with E-state index in [4.69, 9.17) is 9.47 Å². The molecule has 0 atom stereocenters. The molecule has 0 aromatic heterocycles. The number of carbonyl (C=O) groups is 2. The Labute approximate surface area is 133 Å².